The minimum Gasteiger partial charge on any atom is -0.347 e. The fourth-order valence-corrected chi connectivity index (χ4v) is 3.75. The van der Waals surface area contributed by atoms with Crippen LogP contribution in [0.25, 0.3) is 0 Å². The summed E-state index contributed by atoms with van der Waals surface area (Å²) >= 11 is 0. The molecule has 2 fully saturated rings. The summed E-state index contributed by atoms with van der Waals surface area (Å²) in [5.74, 6) is 1.33. The Morgan fingerprint density at radius 1 is 1.00 bits per heavy atom. The van der Waals surface area contributed by atoms with Crippen LogP contribution in [0.15, 0.2) is 0 Å². The zero-order valence-corrected chi connectivity index (χ0v) is 15.8. The lowest BCUT2D eigenvalue weighted by Crippen LogP contribution is -2.45. The summed E-state index contributed by atoms with van der Waals surface area (Å²) in [6, 6.07) is 0. The van der Waals surface area contributed by atoms with Gasteiger partial charge in [-0.2, -0.15) is 0 Å². The van der Waals surface area contributed by atoms with Gasteiger partial charge in [-0.25, -0.2) is 0 Å². The molecule has 2 aliphatic rings. The molecular formula is C18H34ClN3O2. The summed E-state index contributed by atoms with van der Waals surface area (Å²) in [6.07, 6.45) is 8.86. The first-order valence-corrected chi connectivity index (χ1v) is 9.44. The molecule has 2 rings (SSSR count). The molecule has 2 amide bonds. The monoisotopic (exact) mass is 359 g/mol. The van der Waals surface area contributed by atoms with Gasteiger partial charge in [-0.05, 0) is 50.6 Å². The van der Waals surface area contributed by atoms with Crippen molar-refractivity contribution in [2.45, 2.75) is 58.3 Å². The molecule has 1 heterocycles. The fraction of sp³-hybridized carbons (Fsp3) is 0.889. The van der Waals surface area contributed by atoms with E-state index < -0.39 is 0 Å². The first-order valence-electron chi connectivity index (χ1n) is 9.44. The second-order valence-electron chi connectivity index (χ2n) is 7.12. The van der Waals surface area contributed by atoms with Crippen LogP contribution in [-0.4, -0.2) is 49.4 Å². The lowest BCUT2D eigenvalue weighted by atomic mass is 9.87. The van der Waals surface area contributed by atoms with Crippen molar-refractivity contribution < 1.29 is 9.59 Å². The van der Waals surface area contributed by atoms with E-state index in [-0.39, 0.29) is 30.8 Å². The standard InChI is InChI=1S/C18H33N3O2.ClH/c1-2-19-13-16-8-10-21(11-9-16)18(23)14-20-17(22)12-15-6-4-3-5-7-15;/h15-16,19H,2-14H2,1H3,(H,20,22);1H. The van der Waals surface area contributed by atoms with Crippen molar-refractivity contribution in [1.29, 1.82) is 0 Å². The smallest absolute Gasteiger partial charge is 0.241 e. The summed E-state index contributed by atoms with van der Waals surface area (Å²) in [4.78, 5) is 26.1. The number of rotatable bonds is 7. The van der Waals surface area contributed by atoms with Crippen LogP contribution < -0.4 is 10.6 Å². The first kappa shape index (κ1) is 21.2. The van der Waals surface area contributed by atoms with Gasteiger partial charge < -0.3 is 15.5 Å². The van der Waals surface area contributed by atoms with Gasteiger partial charge in [0.2, 0.25) is 11.8 Å². The third-order valence-corrected chi connectivity index (χ3v) is 5.29. The Bertz CT molecular complexity index is 378. The summed E-state index contributed by atoms with van der Waals surface area (Å²) < 4.78 is 0. The maximum absolute atomic E-state index is 12.2. The summed E-state index contributed by atoms with van der Waals surface area (Å²) in [5.41, 5.74) is 0. The highest BCUT2D eigenvalue weighted by Crippen LogP contribution is 2.26. The summed E-state index contributed by atoms with van der Waals surface area (Å²) in [7, 11) is 0. The number of hydrogen-bond donors (Lipinski definition) is 2. The molecule has 24 heavy (non-hydrogen) atoms. The van der Waals surface area contributed by atoms with E-state index in [0.717, 1.165) is 39.0 Å². The van der Waals surface area contributed by atoms with Crippen molar-refractivity contribution in [1.82, 2.24) is 15.5 Å². The van der Waals surface area contributed by atoms with Crippen molar-refractivity contribution in [3.63, 3.8) is 0 Å². The van der Waals surface area contributed by atoms with Gasteiger partial charge in [-0.1, -0.05) is 26.2 Å². The van der Waals surface area contributed by atoms with Crippen LogP contribution in [0.5, 0.6) is 0 Å². The zero-order valence-electron chi connectivity index (χ0n) is 15.0. The number of carbonyl (C=O) groups excluding carboxylic acids is 2. The number of nitrogens with one attached hydrogen (secondary N) is 2. The molecule has 0 spiro atoms. The third-order valence-electron chi connectivity index (χ3n) is 5.29. The minimum absolute atomic E-state index is 0. The number of hydrogen-bond acceptors (Lipinski definition) is 3. The van der Waals surface area contributed by atoms with Crippen LogP contribution >= 0.6 is 12.4 Å². The summed E-state index contributed by atoms with van der Waals surface area (Å²) in [5, 5.41) is 6.21. The van der Waals surface area contributed by atoms with E-state index in [9.17, 15) is 9.59 Å². The largest absolute Gasteiger partial charge is 0.347 e. The zero-order chi connectivity index (χ0) is 16.5. The maximum Gasteiger partial charge on any atom is 0.241 e. The number of nitrogens with zero attached hydrogens (tertiary/aromatic N) is 1. The summed E-state index contributed by atoms with van der Waals surface area (Å²) in [6.45, 7) is 6.00. The lowest BCUT2D eigenvalue weighted by molar-refractivity contribution is -0.134. The molecular weight excluding hydrogens is 326 g/mol. The Hall–Kier alpha value is -0.810. The van der Waals surface area contributed by atoms with Crippen LogP contribution in [0.3, 0.4) is 0 Å². The van der Waals surface area contributed by atoms with Crippen LogP contribution in [-0.2, 0) is 9.59 Å². The quantitative estimate of drug-likeness (QED) is 0.733. The molecule has 6 heteroatoms. The Kier molecular flexibility index (Phi) is 10.3. The van der Waals surface area contributed by atoms with E-state index in [1.807, 2.05) is 4.90 Å². The SMILES string of the molecule is CCNCC1CCN(C(=O)CNC(=O)CC2CCCCC2)CC1.Cl. The molecule has 140 valence electrons. The van der Waals surface area contributed by atoms with Crippen LogP contribution in [0.2, 0.25) is 0 Å². The first-order chi connectivity index (χ1) is 11.2. The molecule has 0 aromatic carbocycles. The normalized spacial score (nSPS) is 19.6. The van der Waals surface area contributed by atoms with Gasteiger partial charge in [0.1, 0.15) is 0 Å². The van der Waals surface area contributed by atoms with E-state index in [1.165, 1.54) is 32.1 Å². The van der Waals surface area contributed by atoms with Gasteiger partial charge in [0.15, 0.2) is 0 Å². The van der Waals surface area contributed by atoms with E-state index in [2.05, 4.69) is 17.6 Å². The van der Waals surface area contributed by atoms with Crippen molar-refractivity contribution in [2.75, 3.05) is 32.7 Å². The van der Waals surface area contributed by atoms with Gasteiger partial charge >= 0.3 is 0 Å². The molecule has 0 atom stereocenters. The van der Waals surface area contributed by atoms with Crippen molar-refractivity contribution in [2.24, 2.45) is 11.8 Å². The highest BCUT2D eigenvalue weighted by atomic mass is 35.5. The lowest BCUT2D eigenvalue weighted by Gasteiger charge is -2.32. The molecule has 2 N–H and O–H groups in total. The number of carbonyl (C=O) groups is 2. The Labute approximate surface area is 152 Å². The molecule has 5 nitrogen and oxygen atoms in total. The molecule has 0 unspecified atom stereocenters. The fourth-order valence-electron chi connectivity index (χ4n) is 3.75. The van der Waals surface area contributed by atoms with Gasteiger partial charge in [-0.15, -0.1) is 12.4 Å². The van der Waals surface area contributed by atoms with E-state index in [0.29, 0.717) is 18.3 Å². The second-order valence-corrected chi connectivity index (χ2v) is 7.12. The van der Waals surface area contributed by atoms with Crippen molar-refractivity contribution in [3.8, 4) is 0 Å². The average molecular weight is 360 g/mol. The Morgan fingerprint density at radius 2 is 1.67 bits per heavy atom. The molecule has 0 aromatic heterocycles. The van der Waals surface area contributed by atoms with Gasteiger partial charge in [-0.3, -0.25) is 9.59 Å². The van der Waals surface area contributed by atoms with E-state index >= 15 is 0 Å². The highest BCUT2D eigenvalue weighted by Gasteiger charge is 2.23. The molecule has 1 saturated carbocycles. The van der Waals surface area contributed by atoms with Gasteiger partial charge in [0.05, 0.1) is 6.54 Å². The average Bonchev–Trinajstić information content (AvgIpc) is 2.59. The van der Waals surface area contributed by atoms with E-state index in [4.69, 9.17) is 0 Å². The number of amides is 2. The maximum atomic E-state index is 12.2. The number of likely N-dealkylation sites (tertiary alicyclic amines) is 1. The minimum atomic E-state index is 0. The van der Waals surface area contributed by atoms with Gasteiger partial charge in [0.25, 0.3) is 0 Å². The predicted octanol–water partition coefficient (Wildman–Crippen LogP) is 2.34. The molecule has 1 aliphatic carbocycles. The second kappa shape index (κ2) is 11.7. The third kappa shape index (κ3) is 7.39. The predicted molar refractivity (Wildman–Crippen MR) is 99.3 cm³/mol. The van der Waals surface area contributed by atoms with Crippen LogP contribution in [0.4, 0.5) is 0 Å². The van der Waals surface area contributed by atoms with Crippen LogP contribution in [0.1, 0.15) is 58.3 Å². The molecule has 0 bridgehead atoms. The van der Waals surface area contributed by atoms with E-state index in [1.54, 1.807) is 0 Å². The highest BCUT2D eigenvalue weighted by molar-refractivity contribution is 5.85. The topological polar surface area (TPSA) is 61.4 Å². The number of halogens is 1. The molecule has 0 aromatic rings. The van der Waals surface area contributed by atoms with Gasteiger partial charge in [0, 0.05) is 19.5 Å². The number of piperidine rings is 1. The molecule has 1 aliphatic heterocycles. The van der Waals surface area contributed by atoms with Crippen molar-refractivity contribution in [3.05, 3.63) is 0 Å². The molecule has 0 radical (unpaired) electrons. The van der Waals surface area contributed by atoms with Crippen LogP contribution in [0, 0.1) is 11.8 Å². The Balaban J connectivity index is 0.00000288. The Morgan fingerprint density at radius 3 is 2.29 bits per heavy atom. The molecule has 1 saturated heterocycles. The van der Waals surface area contributed by atoms with Crippen molar-refractivity contribution >= 4 is 24.2 Å².